The molecule has 1 atom stereocenters. The van der Waals surface area contributed by atoms with Crippen LogP contribution >= 0.6 is 11.6 Å². The van der Waals surface area contributed by atoms with Gasteiger partial charge in [0.05, 0.1) is 19.2 Å². The smallest absolute Gasteiger partial charge is 0.213 e. The van der Waals surface area contributed by atoms with Crippen LogP contribution in [0.5, 0.6) is 5.88 Å². The van der Waals surface area contributed by atoms with Crippen molar-refractivity contribution in [2.75, 3.05) is 19.7 Å². The highest BCUT2D eigenvalue weighted by Crippen LogP contribution is 2.41. The van der Waals surface area contributed by atoms with E-state index in [0.717, 1.165) is 57.7 Å². The minimum absolute atomic E-state index is 0.124. The molecule has 1 aliphatic carbocycles. The van der Waals surface area contributed by atoms with E-state index in [4.69, 9.17) is 31.0 Å². The minimum Gasteiger partial charge on any atom is -0.473 e. The highest BCUT2D eigenvalue weighted by molar-refractivity contribution is 6.30. The molecule has 36 heavy (non-hydrogen) atoms. The molecule has 4 heterocycles. The largest absolute Gasteiger partial charge is 0.473 e. The van der Waals surface area contributed by atoms with Crippen LogP contribution in [0.3, 0.4) is 0 Å². The Kier molecular flexibility index (Phi) is 6.96. The number of hydrogen-bond donors (Lipinski definition) is 0. The molecule has 3 fully saturated rings. The van der Waals surface area contributed by atoms with Crippen molar-refractivity contribution in [1.82, 2.24) is 19.4 Å². The van der Waals surface area contributed by atoms with Crippen molar-refractivity contribution in [2.45, 2.75) is 69.7 Å². The SMILES string of the molecule is Fc1cc(Cl)ccc1COc1cccc(C2CCN(Cc3ncc(C4CC4)n3C[C@@H]3CCO3)CC2)n1. The number of halogens is 2. The summed E-state index contributed by atoms with van der Waals surface area (Å²) in [6, 6.07) is 10.5. The van der Waals surface area contributed by atoms with Crippen molar-refractivity contribution in [3.05, 3.63) is 76.2 Å². The molecule has 6 rings (SSSR count). The number of rotatable bonds is 9. The molecule has 0 unspecified atom stereocenters. The van der Waals surface area contributed by atoms with E-state index in [1.54, 1.807) is 12.1 Å². The van der Waals surface area contributed by atoms with Gasteiger partial charge in [0.15, 0.2) is 0 Å². The van der Waals surface area contributed by atoms with Crippen LogP contribution in [0.25, 0.3) is 0 Å². The van der Waals surface area contributed by atoms with Crippen LogP contribution in [0.1, 0.15) is 66.7 Å². The number of pyridine rings is 1. The molecule has 8 heteroatoms. The molecular weight excluding hydrogens is 479 g/mol. The van der Waals surface area contributed by atoms with E-state index in [2.05, 4.69) is 21.7 Å². The van der Waals surface area contributed by atoms with Gasteiger partial charge in [0.2, 0.25) is 5.88 Å². The van der Waals surface area contributed by atoms with Gasteiger partial charge < -0.3 is 14.0 Å². The lowest BCUT2D eigenvalue weighted by Crippen LogP contribution is -2.35. The van der Waals surface area contributed by atoms with Crippen molar-refractivity contribution in [1.29, 1.82) is 0 Å². The summed E-state index contributed by atoms with van der Waals surface area (Å²) in [7, 11) is 0. The molecule has 0 radical (unpaired) electrons. The van der Waals surface area contributed by atoms with Gasteiger partial charge in [0.1, 0.15) is 18.2 Å². The second kappa shape index (κ2) is 10.5. The molecule has 0 amide bonds. The zero-order chi connectivity index (χ0) is 24.5. The van der Waals surface area contributed by atoms with E-state index in [-0.39, 0.29) is 12.4 Å². The molecular formula is C28H32ClFN4O2. The lowest BCUT2D eigenvalue weighted by molar-refractivity contribution is -0.0601. The Bertz CT molecular complexity index is 1200. The van der Waals surface area contributed by atoms with Crippen LogP contribution in [0, 0.1) is 5.82 Å². The van der Waals surface area contributed by atoms with Gasteiger partial charge in [-0.25, -0.2) is 14.4 Å². The number of imidazole rings is 1. The third-order valence-corrected chi connectivity index (χ3v) is 7.89. The Morgan fingerprint density at radius 1 is 1.06 bits per heavy atom. The molecule has 3 aliphatic rings. The van der Waals surface area contributed by atoms with Gasteiger partial charge in [0.25, 0.3) is 0 Å². The summed E-state index contributed by atoms with van der Waals surface area (Å²) in [6.45, 7) is 4.86. The molecule has 2 aliphatic heterocycles. The van der Waals surface area contributed by atoms with Crippen molar-refractivity contribution in [3.8, 4) is 5.88 Å². The standard InChI is InChI=1S/C28H32ClFN4O2/c29-22-7-6-21(24(30)14-22)18-36-28-3-1-2-25(32-28)19-8-11-33(12-9-19)17-27-31-15-26(20-4-5-20)34(27)16-23-10-13-35-23/h1-3,6-7,14-15,19-20,23H,4-5,8-13,16-18H2/t23-/m0/s1. The average Bonchev–Trinajstić information content (AvgIpc) is 3.63. The van der Waals surface area contributed by atoms with Crippen molar-refractivity contribution in [3.63, 3.8) is 0 Å². The van der Waals surface area contributed by atoms with Crippen molar-refractivity contribution in [2.24, 2.45) is 0 Å². The third kappa shape index (κ3) is 5.43. The van der Waals surface area contributed by atoms with Gasteiger partial charge in [-0.2, -0.15) is 0 Å². The molecule has 0 N–H and O–H groups in total. The second-order valence-electron chi connectivity index (χ2n) is 10.2. The summed E-state index contributed by atoms with van der Waals surface area (Å²) in [5.74, 6) is 2.41. The van der Waals surface area contributed by atoms with Crippen LogP contribution in [0.15, 0.2) is 42.6 Å². The summed E-state index contributed by atoms with van der Waals surface area (Å²) < 4.78 is 28.0. The topological polar surface area (TPSA) is 52.4 Å². The first-order valence-corrected chi connectivity index (χ1v) is 13.4. The fraction of sp³-hybridized carbons (Fsp3) is 0.500. The number of likely N-dealkylation sites (tertiary alicyclic amines) is 1. The van der Waals surface area contributed by atoms with Gasteiger partial charge >= 0.3 is 0 Å². The Hall–Kier alpha value is -2.48. The Labute approximate surface area is 216 Å². The molecule has 0 bridgehead atoms. The van der Waals surface area contributed by atoms with Crippen LogP contribution < -0.4 is 4.74 Å². The van der Waals surface area contributed by atoms with Gasteiger partial charge in [-0.3, -0.25) is 4.90 Å². The number of nitrogens with zero attached hydrogens (tertiary/aromatic N) is 4. The van der Waals surface area contributed by atoms with Crippen LogP contribution in [-0.4, -0.2) is 45.2 Å². The maximum Gasteiger partial charge on any atom is 0.213 e. The maximum absolute atomic E-state index is 14.1. The number of aromatic nitrogens is 3. The molecule has 190 valence electrons. The zero-order valence-electron chi connectivity index (χ0n) is 20.4. The summed E-state index contributed by atoms with van der Waals surface area (Å²) in [4.78, 5) is 12.1. The van der Waals surface area contributed by atoms with Gasteiger partial charge in [-0.1, -0.05) is 23.7 Å². The maximum atomic E-state index is 14.1. The molecule has 1 saturated carbocycles. The number of benzene rings is 1. The minimum atomic E-state index is -0.365. The van der Waals surface area contributed by atoms with Crippen LogP contribution in [0.4, 0.5) is 4.39 Å². The summed E-state index contributed by atoms with van der Waals surface area (Å²) >= 11 is 5.84. The predicted octanol–water partition coefficient (Wildman–Crippen LogP) is 5.70. The quantitative estimate of drug-likeness (QED) is 0.370. The predicted molar refractivity (Wildman–Crippen MR) is 136 cm³/mol. The lowest BCUT2D eigenvalue weighted by Gasteiger charge is -2.32. The molecule has 0 spiro atoms. The van der Waals surface area contributed by atoms with E-state index in [1.807, 2.05) is 12.1 Å². The first-order chi connectivity index (χ1) is 17.6. The molecule has 2 saturated heterocycles. The van der Waals surface area contributed by atoms with Gasteiger partial charge in [-0.15, -0.1) is 0 Å². The van der Waals surface area contributed by atoms with E-state index in [1.165, 1.54) is 30.4 Å². The fourth-order valence-electron chi connectivity index (χ4n) is 5.22. The highest BCUT2D eigenvalue weighted by Gasteiger charge is 2.31. The highest BCUT2D eigenvalue weighted by atomic mass is 35.5. The summed E-state index contributed by atoms with van der Waals surface area (Å²) in [5, 5.41) is 0.377. The molecule has 6 nitrogen and oxygen atoms in total. The van der Waals surface area contributed by atoms with Crippen LogP contribution in [0.2, 0.25) is 5.02 Å². The number of ether oxygens (including phenoxy) is 2. The normalized spacial score (nSPS) is 20.9. The summed E-state index contributed by atoms with van der Waals surface area (Å²) in [5.41, 5.74) is 2.91. The zero-order valence-corrected chi connectivity index (χ0v) is 21.2. The van der Waals surface area contributed by atoms with E-state index in [0.29, 0.717) is 34.4 Å². The monoisotopic (exact) mass is 510 g/mol. The van der Waals surface area contributed by atoms with Crippen LogP contribution in [-0.2, 0) is 24.4 Å². The van der Waals surface area contributed by atoms with Gasteiger partial charge in [0, 0.05) is 52.7 Å². The fourth-order valence-corrected chi connectivity index (χ4v) is 5.38. The number of hydrogen-bond acceptors (Lipinski definition) is 5. The molecule has 3 aromatic rings. The molecule has 2 aromatic heterocycles. The van der Waals surface area contributed by atoms with Crippen molar-refractivity contribution < 1.29 is 13.9 Å². The Balaban J connectivity index is 1.05. The van der Waals surface area contributed by atoms with E-state index >= 15 is 0 Å². The first kappa shape index (κ1) is 23.9. The lowest BCUT2D eigenvalue weighted by atomic mass is 9.93. The van der Waals surface area contributed by atoms with E-state index < -0.39 is 0 Å². The third-order valence-electron chi connectivity index (χ3n) is 7.65. The first-order valence-electron chi connectivity index (χ1n) is 13.0. The van der Waals surface area contributed by atoms with Gasteiger partial charge in [-0.05, 0) is 63.4 Å². The number of piperidine rings is 1. The Morgan fingerprint density at radius 3 is 2.61 bits per heavy atom. The Morgan fingerprint density at radius 2 is 1.89 bits per heavy atom. The molecule has 1 aromatic carbocycles. The van der Waals surface area contributed by atoms with Crippen molar-refractivity contribution >= 4 is 11.6 Å². The van der Waals surface area contributed by atoms with E-state index in [9.17, 15) is 4.39 Å². The average molecular weight is 511 g/mol. The summed E-state index contributed by atoms with van der Waals surface area (Å²) in [6.07, 6.45) is 8.26. The second-order valence-corrected chi connectivity index (χ2v) is 10.7.